The van der Waals surface area contributed by atoms with E-state index in [1.807, 2.05) is 42.5 Å². The molecule has 0 aliphatic carbocycles. The van der Waals surface area contributed by atoms with Gasteiger partial charge in [0.1, 0.15) is 0 Å². The lowest BCUT2D eigenvalue weighted by Crippen LogP contribution is -2.00. The van der Waals surface area contributed by atoms with Crippen LogP contribution in [0.1, 0.15) is 5.56 Å². The van der Waals surface area contributed by atoms with Gasteiger partial charge in [-0.1, -0.05) is 224 Å². The SMILES string of the molecule is N#Cc1ccc(-c2ccc(-c3nc(-c4ccccc4)nc(-c4ccc(-c5ccc6ccccc6c5)cc4)n3)cc2)c(-c2ccccc2-c2cccc(-c3ccc4c5ccccc5c5ccccc5c4c3)c2)c1. The normalized spacial score (nSPS) is 11.3. The Hall–Kier alpha value is -9.82. The summed E-state index contributed by atoms with van der Waals surface area (Å²) in [6.07, 6.45) is 0. The maximum absolute atomic E-state index is 10.2. The summed E-state index contributed by atoms with van der Waals surface area (Å²) in [5.74, 6) is 1.80. The molecule has 4 nitrogen and oxygen atoms in total. The zero-order chi connectivity index (χ0) is 48.0. The molecule has 0 atom stereocenters. The van der Waals surface area contributed by atoms with Crippen LogP contribution >= 0.6 is 0 Å². The lowest BCUT2D eigenvalue weighted by molar-refractivity contribution is 1.07. The summed E-state index contributed by atoms with van der Waals surface area (Å²) >= 11 is 0. The van der Waals surface area contributed by atoms with Gasteiger partial charge in [0.2, 0.25) is 0 Å². The molecule has 0 aliphatic rings. The van der Waals surface area contributed by atoms with Gasteiger partial charge in [-0.25, -0.2) is 15.0 Å². The van der Waals surface area contributed by atoms with Crippen molar-refractivity contribution in [1.82, 2.24) is 15.0 Å². The molecule has 0 amide bonds. The Morgan fingerprint density at radius 1 is 0.236 bits per heavy atom. The van der Waals surface area contributed by atoms with Gasteiger partial charge in [-0.05, 0) is 129 Å². The average molecular weight is 915 g/mol. The van der Waals surface area contributed by atoms with Crippen molar-refractivity contribution in [2.24, 2.45) is 0 Å². The molecule has 0 aliphatic heterocycles. The molecule has 0 spiro atoms. The summed E-state index contributed by atoms with van der Waals surface area (Å²) in [4.78, 5) is 15.1. The van der Waals surface area contributed by atoms with Crippen molar-refractivity contribution in [3.63, 3.8) is 0 Å². The van der Waals surface area contributed by atoms with Crippen molar-refractivity contribution in [2.45, 2.75) is 0 Å². The maximum atomic E-state index is 10.2. The molecule has 1 heterocycles. The first kappa shape index (κ1) is 42.3. The zero-order valence-electron chi connectivity index (χ0n) is 39.0. The van der Waals surface area contributed by atoms with Gasteiger partial charge in [0.25, 0.3) is 0 Å². The maximum Gasteiger partial charge on any atom is 0.164 e. The van der Waals surface area contributed by atoms with E-state index in [-0.39, 0.29) is 0 Å². The first-order valence-corrected chi connectivity index (χ1v) is 24.2. The van der Waals surface area contributed by atoms with Gasteiger partial charge in [0.05, 0.1) is 11.6 Å². The molecule has 13 aromatic rings. The van der Waals surface area contributed by atoms with Crippen molar-refractivity contribution < 1.29 is 0 Å². The second-order valence-corrected chi connectivity index (χ2v) is 18.2. The van der Waals surface area contributed by atoms with Crippen LogP contribution in [-0.4, -0.2) is 15.0 Å². The van der Waals surface area contributed by atoms with Gasteiger partial charge in [0.15, 0.2) is 17.5 Å². The van der Waals surface area contributed by atoms with Gasteiger partial charge in [-0.15, -0.1) is 0 Å². The van der Waals surface area contributed by atoms with E-state index in [0.717, 1.165) is 72.3 Å². The Kier molecular flexibility index (Phi) is 10.5. The average Bonchev–Trinajstić information content (AvgIpc) is 3.47. The number of hydrogen-bond donors (Lipinski definition) is 0. The van der Waals surface area contributed by atoms with E-state index in [1.165, 1.54) is 43.1 Å². The third kappa shape index (κ3) is 7.72. The monoisotopic (exact) mass is 914 g/mol. The fraction of sp³-hybridized carbons (Fsp3) is 0. The molecule has 0 saturated carbocycles. The van der Waals surface area contributed by atoms with Crippen LogP contribution in [0.2, 0.25) is 0 Å². The number of nitrogens with zero attached hydrogens (tertiary/aromatic N) is 4. The molecule has 12 aromatic carbocycles. The van der Waals surface area contributed by atoms with Crippen molar-refractivity contribution in [3.05, 3.63) is 260 Å². The fourth-order valence-electron chi connectivity index (χ4n) is 10.3. The Balaban J connectivity index is 0.856. The number of benzene rings is 12. The molecule has 0 unspecified atom stereocenters. The Labute approximate surface area is 417 Å². The topological polar surface area (TPSA) is 62.5 Å². The summed E-state index contributed by atoms with van der Waals surface area (Å²) in [5.41, 5.74) is 14.1. The van der Waals surface area contributed by atoms with Gasteiger partial charge >= 0.3 is 0 Å². The predicted molar refractivity (Wildman–Crippen MR) is 298 cm³/mol. The minimum absolute atomic E-state index is 0.585. The Morgan fingerprint density at radius 3 is 1.35 bits per heavy atom. The standard InChI is InChI=1S/C68H42N4/c69-43-44-25-37-57(64(39-44)58-20-7-6-19-56(58)55-18-12-17-52(41-55)54-36-38-63-61-23-9-8-21-59(61)60-22-10-11-24-62(60)65(63)42-54)47-29-33-50(34-30-47)68-71-66(48-14-2-1-3-15-48)70-67(72-68)49-31-26-46(27-32-49)53-35-28-45-13-4-5-16-51(45)40-53/h1-42H. The summed E-state index contributed by atoms with van der Waals surface area (Å²) in [5, 5.41) is 20.2. The van der Waals surface area contributed by atoms with Crippen LogP contribution < -0.4 is 0 Å². The predicted octanol–water partition coefficient (Wildman–Crippen LogP) is 17.7. The summed E-state index contributed by atoms with van der Waals surface area (Å²) in [7, 11) is 0. The number of rotatable bonds is 8. The third-order valence-corrected chi connectivity index (χ3v) is 14.0. The number of aromatic nitrogens is 3. The molecule has 0 fully saturated rings. The molecular formula is C68H42N4. The lowest BCUT2D eigenvalue weighted by atomic mass is 9.87. The van der Waals surface area contributed by atoms with Crippen LogP contribution in [0, 0.1) is 11.3 Å². The molecule has 1 aromatic heterocycles. The molecule has 72 heavy (non-hydrogen) atoms. The number of fused-ring (bicyclic) bond motifs is 7. The van der Waals surface area contributed by atoms with Gasteiger partial charge in [-0.3, -0.25) is 0 Å². The first-order chi connectivity index (χ1) is 35.6. The van der Waals surface area contributed by atoms with Crippen LogP contribution in [0.25, 0.3) is 133 Å². The van der Waals surface area contributed by atoms with Crippen molar-refractivity contribution in [3.8, 4) is 95.9 Å². The van der Waals surface area contributed by atoms with E-state index in [9.17, 15) is 5.26 Å². The second-order valence-electron chi connectivity index (χ2n) is 18.2. The minimum Gasteiger partial charge on any atom is -0.208 e. The van der Waals surface area contributed by atoms with Gasteiger partial charge < -0.3 is 0 Å². The Bertz CT molecular complexity index is 4230. The van der Waals surface area contributed by atoms with Crippen LogP contribution in [0.5, 0.6) is 0 Å². The third-order valence-electron chi connectivity index (χ3n) is 14.0. The summed E-state index contributed by atoms with van der Waals surface area (Å²) in [6, 6.07) is 91.9. The molecule has 0 bridgehead atoms. The highest BCUT2D eigenvalue weighted by Gasteiger charge is 2.18. The minimum atomic E-state index is 0.585. The van der Waals surface area contributed by atoms with Gasteiger partial charge in [0, 0.05) is 16.7 Å². The van der Waals surface area contributed by atoms with Crippen molar-refractivity contribution in [1.29, 1.82) is 5.26 Å². The molecule has 0 N–H and O–H groups in total. The van der Waals surface area contributed by atoms with E-state index < -0.39 is 0 Å². The second kappa shape index (κ2) is 17.9. The Morgan fingerprint density at radius 2 is 0.681 bits per heavy atom. The van der Waals surface area contributed by atoms with Crippen LogP contribution in [0.3, 0.4) is 0 Å². The highest BCUT2D eigenvalue weighted by Crippen LogP contribution is 2.42. The van der Waals surface area contributed by atoms with E-state index in [2.05, 4.69) is 218 Å². The first-order valence-electron chi connectivity index (χ1n) is 24.2. The highest BCUT2D eigenvalue weighted by atomic mass is 15.0. The highest BCUT2D eigenvalue weighted by molar-refractivity contribution is 6.25. The summed E-state index contributed by atoms with van der Waals surface area (Å²) in [6.45, 7) is 0. The molecule has 4 heteroatoms. The van der Waals surface area contributed by atoms with Crippen molar-refractivity contribution in [2.75, 3.05) is 0 Å². The van der Waals surface area contributed by atoms with E-state index in [1.54, 1.807) is 0 Å². The quantitative estimate of drug-likeness (QED) is 0.143. The molecule has 13 rings (SSSR count). The summed E-state index contributed by atoms with van der Waals surface area (Å²) < 4.78 is 0. The van der Waals surface area contributed by atoms with Crippen molar-refractivity contribution >= 4 is 43.1 Å². The van der Waals surface area contributed by atoms with E-state index >= 15 is 0 Å². The van der Waals surface area contributed by atoms with E-state index in [0.29, 0.717) is 23.0 Å². The molecule has 0 saturated heterocycles. The fourth-order valence-corrected chi connectivity index (χ4v) is 10.3. The number of nitriles is 1. The van der Waals surface area contributed by atoms with E-state index in [4.69, 9.17) is 15.0 Å². The largest absolute Gasteiger partial charge is 0.208 e. The lowest BCUT2D eigenvalue weighted by Gasteiger charge is -2.16. The smallest absolute Gasteiger partial charge is 0.164 e. The van der Waals surface area contributed by atoms with Crippen LogP contribution in [-0.2, 0) is 0 Å². The van der Waals surface area contributed by atoms with Gasteiger partial charge in [-0.2, -0.15) is 5.26 Å². The molecule has 0 radical (unpaired) electrons. The zero-order valence-corrected chi connectivity index (χ0v) is 39.0. The van der Waals surface area contributed by atoms with Crippen LogP contribution in [0.4, 0.5) is 0 Å². The molecular weight excluding hydrogens is 873 g/mol. The van der Waals surface area contributed by atoms with Crippen LogP contribution in [0.15, 0.2) is 255 Å². The molecule has 334 valence electrons. The number of hydrogen-bond acceptors (Lipinski definition) is 4.